The van der Waals surface area contributed by atoms with Crippen molar-refractivity contribution in [1.82, 2.24) is 5.32 Å². The van der Waals surface area contributed by atoms with Crippen LogP contribution in [0.3, 0.4) is 0 Å². The highest BCUT2D eigenvalue weighted by Gasteiger charge is 2.26. The van der Waals surface area contributed by atoms with Crippen LogP contribution in [0.1, 0.15) is 33.1 Å². The van der Waals surface area contributed by atoms with E-state index in [-0.39, 0.29) is 0 Å². The van der Waals surface area contributed by atoms with Crippen LogP contribution in [-0.4, -0.2) is 23.0 Å². The predicted octanol–water partition coefficient (Wildman–Crippen LogP) is 2.26. The van der Waals surface area contributed by atoms with Crippen LogP contribution in [0.5, 0.6) is 0 Å². The molecule has 0 aromatic heterocycles. The van der Waals surface area contributed by atoms with Gasteiger partial charge in [-0.2, -0.15) is 0 Å². The molecule has 1 heterocycles. The van der Waals surface area contributed by atoms with E-state index in [4.69, 9.17) is 0 Å². The van der Waals surface area contributed by atoms with E-state index in [1.165, 1.54) is 30.2 Å². The minimum absolute atomic E-state index is 0.575. The van der Waals surface area contributed by atoms with Crippen molar-refractivity contribution < 1.29 is 0 Å². The average molecular weight is 198 g/mol. The van der Waals surface area contributed by atoms with Gasteiger partial charge < -0.3 is 5.32 Å². The number of nitrogens with zero attached hydrogens (tertiary/aromatic N) is 1. The third-order valence-corrected chi connectivity index (χ3v) is 3.41. The van der Waals surface area contributed by atoms with Crippen LogP contribution in [0.2, 0.25) is 0 Å². The quantitative estimate of drug-likeness (QED) is 0.752. The van der Waals surface area contributed by atoms with Crippen LogP contribution in [0.4, 0.5) is 0 Å². The molecule has 0 amide bonds. The van der Waals surface area contributed by atoms with Gasteiger partial charge in [-0.15, -0.1) is 0 Å². The van der Waals surface area contributed by atoms with Gasteiger partial charge in [-0.05, 0) is 25.2 Å². The molecule has 13 heavy (non-hydrogen) atoms. The fourth-order valence-electron chi connectivity index (χ4n) is 1.56. The zero-order valence-electron chi connectivity index (χ0n) is 8.42. The van der Waals surface area contributed by atoms with Gasteiger partial charge in [-0.1, -0.05) is 25.6 Å². The maximum Gasteiger partial charge on any atom is 0.157 e. The lowest BCUT2D eigenvalue weighted by atomic mass is 10.1. The monoisotopic (exact) mass is 198 g/mol. The third-order valence-electron chi connectivity index (χ3n) is 2.36. The Balaban J connectivity index is 1.78. The van der Waals surface area contributed by atoms with Gasteiger partial charge >= 0.3 is 0 Å². The van der Waals surface area contributed by atoms with E-state index in [0.29, 0.717) is 6.04 Å². The Kier molecular flexibility index (Phi) is 2.82. The van der Waals surface area contributed by atoms with E-state index in [1.807, 2.05) is 11.8 Å². The molecule has 1 N–H and O–H groups in total. The zero-order chi connectivity index (χ0) is 9.26. The number of aliphatic imine (C=N–C) groups is 1. The summed E-state index contributed by atoms with van der Waals surface area (Å²) >= 11 is 1.90. The number of nitrogens with one attached hydrogen (secondary N) is 1. The molecule has 0 aromatic carbocycles. The number of hydrogen-bond donors (Lipinski definition) is 1. The van der Waals surface area contributed by atoms with E-state index in [0.717, 1.165) is 12.0 Å². The summed E-state index contributed by atoms with van der Waals surface area (Å²) in [7, 11) is 0. The van der Waals surface area contributed by atoms with Gasteiger partial charge in [0.05, 0.1) is 6.04 Å². The first-order valence-electron chi connectivity index (χ1n) is 5.21. The number of hydrogen-bond acceptors (Lipinski definition) is 3. The largest absolute Gasteiger partial charge is 0.362 e. The predicted molar refractivity (Wildman–Crippen MR) is 59.3 cm³/mol. The van der Waals surface area contributed by atoms with Crippen molar-refractivity contribution in [2.75, 3.05) is 5.75 Å². The molecule has 1 aliphatic carbocycles. The second-order valence-electron chi connectivity index (χ2n) is 4.45. The molecule has 74 valence electrons. The Morgan fingerprint density at radius 2 is 2.31 bits per heavy atom. The molecular weight excluding hydrogens is 180 g/mol. The van der Waals surface area contributed by atoms with Crippen LogP contribution < -0.4 is 5.32 Å². The second-order valence-corrected chi connectivity index (χ2v) is 5.46. The fraction of sp³-hybridized carbons (Fsp3) is 0.900. The average Bonchev–Trinajstić information content (AvgIpc) is 2.73. The van der Waals surface area contributed by atoms with Gasteiger partial charge in [0.25, 0.3) is 0 Å². The van der Waals surface area contributed by atoms with Crippen molar-refractivity contribution in [1.29, 1.82) is 0 Å². The second kappa shape index (κ2) is 3.91. The molecule has 0 saturated heterocycles. The van der Waals surface area contributed by atoms with Crippen molar-refractivity contribution in [2.45, 2.75) is 45.2 Å². The summed E-state index contributed by atoms with van der Waals surface area (Å²) in [5.74, 6) is 1.96. The summed E-state index contributed by atoms with van der Waals surface area (Å²) in [4.78, 5) is 4.68. The fourth-order valence-corrected chi connectivity index (χ4v) is 2.60. The van der Waals surface area contributed by atoms with Crippen molar-refractivity contribution in [3.63, 3.8) is 0 Å². The molecule has 0 bridgehead atoms. The molecule has 1 aliphatic heterocycles. The Morgan fingerprint density at radius 3 is 2.92 bits per heavy atom. The molecular formula is C10H18N2S. The summed E-state index contributed by atoms with van der Waals surface area (Å²) in [6.07, 6.45) is 3.92. The topological polar surface area (TPSA) is 24.4 Å². The van der Waals surface area contributed by atoms with E-state index in [9.17, 15) is 0 Å². The van der Waals surface area contributed by atoms with Crippen molar-refractivity contribution >= 4 is 16.9 Å². The molecule has 0 aromatic rings. The minimum Gasteiger partial charge on any atom is -0.362 e. The molecule has 2 nitrogen and oxygen atoms in total. The number of thioether (sulfide) groups is 1. The van der Waals surface area contributed by atoms with Gasteiger partial charge in [0.15, 0.2) is 5.17 Å². The first-order chi connectivity index (χ1) is 6.24. The molecule has 2 aliphatic rings. The molecule has 1 fully saturated rings. The zero-order valence-corrected chi connectivity index (χ0v) is 9.23. The molecule has 2 rings (SSSR count). The highest BCUT2D eigenvalue weighted by Crippen LogP contribution is 2.25. The summed E-state index contributed by atoms with van der Waals surface area (Å²) in [6, 6.07) is 1.33. The van der Waals surface area contributed by atoms with Crippen molar-refractivity contribution in [3.05, 3.63) is 0 Å². The van der Waals surface area contributed by atoms with Gasteiger partial charge in [0.2, 0.25) is 0 Å². The Labute approximate surface area is 84.6 Å². The van der Waals surface area contributed by atoms with Crippen molar-refractivity contribution in [2.24, 2.45) is 10.9 Å². The van der Waals surface area contributed by atoms with Crippen LogP contribution in [-0.2, 0) is 0 Å². The Bertz CT molecular complexity index is 209. The summed E-state index contributed by atoms with van der Waals surface area (Å²) in [6.45, 7) is 4.54. The summed E-state index contributed by atoms with van der Waals surface area (Å²) in [5, 5.41) is 4.67. The number of amidine groups is 1. The van der Waals surface area contributed by atoms with Gasteiger partial charge in [-0.25, -0.2) is 0 Å². The van der Waals surface area contributed by atoms with E-state index < -0.39 is 0 Å². The highest BCUT2D eigenvalue weighted by molar-refractivity contribution is 8.14. The number of rotatable bonds is 3. The van der Waals surface area contributed by atoms with Crippen LogP contribution in [0.15, 0.2) is 4.99 Å². The lowest BCUT2D eigenvalue weighted by molar-refractivity contribution is 0.529. The van der Waals surface area contributed by atoms with Crippen molar-refractivity contribution in [3.8, 4) is 0 Å². The Morgan fingerprint density at radius 1 is 1.54 bits per heavy atom. The lowest BCUT2D eigenvalue weighted by Crippen LogP contribution is -2.21. The highest BCUT2D eigenvalue weighted by atomic mass is 32.2. The molecule has 1 unspecified atom stereocenters. The molecule has 3 heteroatoms. The standard InChI is InChI=1S/C10H18N2S/c1-7(2)5-9-6-13-10(12-9)11-8-3-4-8/h7-9H,3-6H2,1-2H3,(H,11,12). The normalized spacial score (nSPS) is 27.9. The molecule has 1 saturated carbocycles. The first-order valence-corrected chi connectivity index (χ1v) is 6.19. The van der Waals surface area contributed by atoms with Crippen LogP contribution >= 0.6 is 11.8 Å². The maximum atomic E-state index is 4.68. The summed E-state index contributed by atoms with van der Waals surface area (Å²) in [5.41, 5.74) is 0. The maximum absolute atomic E-state index is 4.68. The molecule has 1 atom stereocenters. The summed E-state index contributed by atoms with van der Waals surface area (Å²) < 4.78 is 0. The smallest absolute Gasteiger partial charge is 0.157 e. The first kappa shape index (κ1) is 9.38. The SMILES string of the molecule is CC(C)CC1CSC(NC2CC2)=N1. The third kappa shape index (κ3) is 2.90. The van der Waals surface area contributed by atoms with E-state index in [1.54, 1.807) is 0 Å². The molecule has 0 spiro atoms. The van der Waals surface area contributed by atoms with E-state index in [2.05, 4.69) is 24.2 Å². The van der Waals surface area contributed by atoms with E-state index >= 15 is 0 Å². The van der Waals surface area contributed by atoms with Gasteiger partial charge in [0, 0.05) is 11.8 Å². The lowest BCUT2D eigenvalue weighted by Gasteiger charge is -2.07. The van der Waals surface area contributed by atoms with Gasteiger partial charge in [0.1, 0.15) is 0 Å². The molecule has 0 radical (unpaired) electrons. The Hall–Kier alpha value is -0.180. The van der Waals surface area contributed by atoms with Crippen LogP contribution in [0.25, 0.3) is 0 Å². The van der Waals surface area contributed by atoms with Gasteiger partial charge in [-0.3, -0.25) is 4.99 Å². The minimum atomic E-state index is 0.575. The van der Waals surface area contributed by atoms with Crippen LogP contribution in [0, 0.1) is 5.92 Å².